The number of carbonyl (C=O) groups is 1. The Labute approximate surface area is 136 Å². The van der Waals surface area contributed by atoms with E-state index in [1.807, 2.05) is 42.5 Å². The summed E-state index contributed by atoms with van der Waals surface area (Å²) in [4.78, 5) is 12.1. The van der Waals surface area contributed by atoms with Crippen molar-refractivity contribution in [2.24, 2.45) is 0 Å². The Morgan fingerprint density at radius 1 is 1.04 bits per heavy atom. The predicted octanol–water partition coefficient (Wildman–Crippen LogP) is 3.52. The monoisotopic (exact) mass is 329 g/mol. The fourth-order valence-electron chi connectivity index (χ4n) is 2.10. The minimum absolute atomic E-state index is 0.133. The third-order valence-corrected chi connectivity index (χ3v) is 4.36. The van der Waals surface area contributed by atoms with Gasteiger partial charge in [0.05, 0.1) is 10.6 Å². The number of anilines is 1. The van der Waals surface area contributed by atoms with E-state index in [9.17, 15) is 13.2 Å². The molecule has 2 rings (SSSR count). The van der Waals surface area contributed by atoms with Crippen molar-refractivity contribution in [1.82, 2.24) is 0 Å². The van der Waals surface area contributed by atoms with Gasteiger partial charge in [-0.05, 0) is 24.1 Å². The second kappa shape index (κ2) is 7.74. The number of hydrogen-bond acceptors (Lipinski definition) is 3. The molecule has 4 nitrogen and oxygen atoms in total. The molecule has 0 saturated carbocycles. The maximum absolute atomic E-state index is 12.0. The highest BCUT2D eigenvalue weighted by atomic mass is 32.2. The van der Waals surface area contributed by atoms with Gasteiger partial charge in [0.1, 0.15) is 0 Å². The molecule has 0 aliphatic heterocycles. The standard InChI is InChI=1S/C18H19NO3S/c1-23(21,22)17-13-7-6-12-16(17)19-18(20)14-8-5-11-15-9-3-2-4-10-15/h2-7,9-13H,8,14H2,1H3,(H,19,20)/b11-5+. The Morgan fingerprint density at radius 3 is 2.39 bits per heavy atom. The van der Waals surface area contributed by atoms with Crippen LogP contribution in [0.4, 0.5) is 5.69 Å². The van der Waals surface area contributed by atoms with Crippen LogP contribution in [0.2, 0.25) is 0 Å². The van der Waals surface area contributed by atoms with E-state index in [0.29, 0.717) is 18.5 Å². The van der Waals surface area contributed by atoms with Crippen molar-refractivity contribution in [2.45, 2.75) is 17.7 Å². The van der Waals surface area contributed by atoms with Gasteiger partial charge in [0, 0.05) is 12.7 Å². The SMILES string of the molecule is CS(=O)(=O)c1ccccc1NC(=O)CC/C=C/c1ccccc1. The van der Waals surface area contributed by atoms with E-state index in [4.69, 9.17) is 0 Å². The molecule has 0 aromatic heterocycles. The first-order chi connectivity index (χ1) is 11.0. The molecular formula is C18H19NO3S. The molecule has 0 spiro atoms. The molecule has 1 amide bonds. The third kappa shape index (κ3) is 5.38. The van der Waals surface area contributed by atoms with Crippen LogP contribution in [0.25, 0.3) is 6.08 Å². The highest BCUT2D eigenvalue weighted by molar-refractivity contribution is 7.90. The summed E-state index contributed by atoms with van der Waals surface area (Å²) in [6.07, 6.45) is 5.89. The Balaban J connectivity index is 1.92. The summed E-state index contributed by atoms with van der Waals surface area (Å²) in [7, 11) is -3.37. The maximum Gasteiger partial charge on any atom is 0.224 e. The Hall–Kier alpha value is -2.40. The highest BCUT2D eigenvalue weighted by Gasteiger charge is 2.13. The average molecular weight is 329 g/mol. The number of benzene rings is 2. The average Bonchev–Trinajstić information content (AvgIpc) is 2.52. The summed E-state index contributed by atoms with van der Waals surface area (Å²) < 4.78 is 23.4. The number of para-hydroxylation sites is 1. The second-order valence-corrected chi connectivity index (χ2v) is 7.15. The Bertz CT molecular complexity index is 796. The van der Waals surface area contributed by atoms with E-state index in [0.717, 1.165) is 11.8 Å². The number of amides is 1. The molecule has 0 fully saturated rings. The van der Waals surface area contributed by atoms with Crippen LogP contribution in [0.5, 0.6) is 0 Å². The number of nitrogens with one attached hydrogen (secondary N) is 1. The zero-order valence-corrected chi connectivity index (χ0v) is 13.7. The van der Waals surface area contributed by atoms with Crippen LogP contribution in [0, 0.1) is 0 Å². The number of rotatable bonds is 6. The van der Waals surface area contributed by atoms with Crippen LogP contribution in [0.1, 0.15) is 18.4 Å². The third-order valence-electron chi connectivity index (χ3n) is 3.21. The Morgan fingerprint density at radius 2 is 1.70 bits per heavy atom. The van der Waals surface area contributed by atoms with Crippen LogP contribution in [0.15, 0.2) is 65.6 Å². The fraction of sp³-hybridized carbons (Fsp3) is 0.167. The highest BCUT2D eigenvalue weighted by Crippen LogP contribution is 2.20. The summed E-state index contributed by atoms with van der Waals surface area (Å²) >= 11 is 0. The Kier molecular flexibility index (Phi) is 5.71. The van der Waals surface area contributed by atoms with Crippen molar-refractivity contribution >= 4 is 27.5 Å². The molecule has 0 aliphatic carbocycles. The minimum atomic E-state index is -3.37. The summed E-state index contributed by atoms with van der Waals surface area (Å²) in [6.45, 7) is 0. The molecule has 23 heavy (non-hydrogen) atoms. The molecule has 5 heteroatoms. The van der Waals surface area contributed by atoms with E-state index >= 15 is 0 Å². The number of allylic oxidation sites excluding steroid dienone is 1. The first-order valence-corrected chi connectivity index (χ1v) is 9.16. The summed E-state index contributed by atoms with van der Waals surface area (Å²) in [5.41, 5.74) is 1.40. The molecular weight excluding hydrogens is 310 g/mol. The smallest absolute Gasteiger partial charge is 0.224 e. The number of hydrogen-bond donors (Lipinski definition) is 1. The zero-order valence-electron chi connectivity index (χ0n) is 12.9. The van der Waals surface area contributed by atoms with Crippen LogP contribution < -0.4 is 5.32 Å². The van der Waals surface area contributed by atoms with Crippen molar-refractivity contribution in [3.63, 3.8) is 0 Å². The normalized spacial score (nSPS) is 11.5. The first kappa shape index (κ1) is 17.0. The summed E-state index contributed by atoms with van der Waals surface area (Å²) in [5.74, 6) is -0.209. The molecule has 2 aromatic rings. The summed E-state index contributed by atoms with van der Waals surface area (Å²) in [6, 6.07) is 16.2. The zero-order chi connectivity index (χ0) is 16.7. The molecule has 0 heterocycles. The van der Waals surface area contributed by atoms with E-state index in [1.54, 1.807) is 18.2 Å². The van der Waals surface area contributed by atoms with Gasteiger partial charge in [-0.25, -0.2) is 8.42 Å². The van der Waals surface area contributed by atoms with Crippen molar-refractivity contribution in [2.75, 3.05) is 11.6 Å². The predicted molar refractivity (Wildman–Crippen MR) is 92.9 cm³/mol. The lowest BCUT2D eigenvalue weighted by atomic mass is 10.2. The second-order valence-electron chi connectivity index (χ2n) is 5.17. The van der Waals surface area contributed by atoms with Crippen molar-refractivity contribution in [3.05, 3.63) is 66.2 Å². The molecule has 1 N–H and O–H groups in total. The summed E-state index contributed by atoms with van der Waals surface area (Å²) in [5, 5.41) is 2.66. The molecule has 0 bridgehead atoms. The van der Waals surface area contributed by atoms with E-state index in [2.05, 4.69) is 5.32 Å². The lowest BCUT2D eigenvalue weighted by molar-refractivity contribution is -0.116. The molecule has 0 saturated heterocycles. The van der Waals surface area contributed by atoms with Crippen molar-refractivity contribution in [3.8, 4) is 0 Å². The van der Waals surface area contributed by atoms with Crippen LogP contribution >= 0.6 is 0 Å². The van der Waals surface area contributed by atoms with Gasteiger partial charge < -0.3 is 5.32 Å². The lowest BCUT2D eigenvalue weighted by Crippen LogP contribution is -2.13. The minimum Gasteiger partial charge on any atom is -0.325 e. The van der Waals surface area contributed by atoms with Crippen molar-refractivity contribution < 1.29 is 13.2 Å². The van der Waals surface area contributed by atoms with Crippen LogP contribution in [-0.4, -0.2) is 20.6 Å². The van der Waals surface area contributed by atoms with E-state index < -0.39 is 9.84 Å². The number of sulfone groups is 1. The molecule has 0 radical (unpaired) electrons. The number of carbonyl (C=O) groups excluding carboxylic acids is 1. The van der Waals surface area contributed by atoms with Gasteiger partial charge >= 0.3 is 0 Å². The van der Waals surface area contributed by atoms with Gasteiger partial charge in [0.2, 0.25) is 5.91 Å². The molecule has 0 aliphatic rings. The van der Waals surface area contributed by atoms with E-state index in [1.165, 1.54) is 6.07 Å². The molecule has 0 atom stereocenters. The van der Waals surface area contributed by atoms with Crippen LogP contribution in [-0.2, 0) is 14.6 Å². The topological polar surface area (TPSA) is 63.2 Å². The van der Waals surface area contributed by atoms with Gasteiger partial charge in [-0.3, -0.25) is 4.79 Å². The van der Waals surface area contributed by atoms with Gasteiger partial charge in [-0.15, -0.1) is 0 Å². The fourth-order valence-corrected chi connectivity index (χ4v) is 2.95. The first-order valence-electron chi connectivity index (χ1n) is 7.27. The molecule has 120 valence electrons. The van der Waals surface area contributed by atoms with Crippen molar-refractivity contribution in [1.29, 1.82) is 0 Å². The maximum atomic E-state index is 12.0. The van der Waals surface area contributed by atoms with E-state index in [-0.39, 0.29) is 10.8 Å². The lowest BCUT2D eigenvalue weighted by Gasteiger charge is -2.09. The van der Waals surface area contributed by atoms with Gasteiger partial charge in [-0.2, -0.15) is 0 Å². The molecule has 0 unspecified atom stereocenters. The van der Waals surface area contributed by atoms with Gasteiger partial charge in [-0.1, -0.05) is 54.6 Å². The quantitative estimate of drug-likeness (QED) is 0.882. The van der Waals surface area contributed by atoms with Crippen LogP contribution in [0.3, 0.4) is 0 Å². The largest absolute Gasteiger partial charge is 0.325 e. The van der Waals surface area contributed by atoms with Gasteiger partial charge in [0.25, 0.3) is 0 Å². The molecule has 2 aromatic carbocycles. The van der Waals surface area contributed by atoms with Gasteiger partial charge in [0.15, 0.2) is 9.84 Å².